The molecule has 0 spiro atoms. The molecule has 13 heavy (non-hydrogen) atoms. The molecular formula is C7H10F5N. The summed E-state index contributed by atoms with van der Waals surface area (Å²) in [7, 11) is 0. The molecule has 6 heteroatoms. The summed E-state index contributed by atoms with van der Waals surface area (Å²) in [5.41, 5.74) is 0. The van der Waals surface area contributed by atoms with E-state index in [0.29, 0.717) is 0 Å². The molecule has 1 aliphatic heterocycles. The van der Waals surface area contributed by atoms with Crippen LogP contribution in [0, 0.1) is 5.92 Å². The summed E-state index contributed by atoms with van der Waals surface area (Å²) in [5.74, 6) is -3.97. The van der Waals surface area contributed by atoms with Gasteiger partial charge < -0.3 is 0 Å². The normalized spacial score (nSPS) is 29.5. The molecule has 1 heterocycles. The Hall–Kier alpha value is -0.390. The maximum absolute atomic E-state index is 12.8. The van der Waals surface area contributed by atoms with Gasteiger partial charge in [0.15, 0.2) is 0 Å². The first-order chi connectivity index (χ1) is 5.71. The molecule has 78 valence electrons. The third-order valence-corrected chi connectivity index (χ3v) is 2.09. The van der Waals surface area contributed by atoms with Crippen molar-refractivity contribution in [3.8, 4) is 0 Å². The Kier molecular flexibility index (Phi) is 2.53. The minimum Gasteiger partial charge on any atom is -0.289 e. The molecule has 0 aromatic heterocycles. The van der Waals surface area contributed by atoms with Crippen LogP contribution in [0.25, 0.3) is 0 Å². The lowest BCUT2D eigenvalue weighted by Crippen LogP contribution is -2.34. The summed E-state index contributed by atoms with van der Waals surface area (Å²) in [6, 6.07) is 0. The molecule has 0 aromatic rings. The fourth-order valence-corrected chi connectivity index (χ4v) is 1.41. The van der Waals surface area contributed by atoms with Crippen LogP contribution in [-0.4, -0.2) is 36.6 Å². The smallest absolute Gasteiger partial charge is 0.289 e. The number of nitrogens with zero attached hydrogens (tertiary/aromatic N) is 1. The fraction of sp³-hybridized carbons (Fsp3) is 1.00. The molecule has 0 amide bonds. The lowest BCUT2D eigenvalue weighted by atomic mass is 10.1. The summed E-state index contributed by atoms with van der Waals surface area (Å²) >= 11 is 0. The van der Waals surface area contributed by atoms with Crippen LogP contribution in [0.5, 0.6) is 0 Å². The Labute approximate surface area is 72.5 Å². The molecule has 1 unspecified atom stereocenters. The van der Waals surface area contributed by atoms with Crippen molar-refractivity contribution in [2.75, 3.05) is 19.6 Å². The van der Waals surface area contributed by atoms with Crippen LogP contribution in [0.3, 0.4) is 0 Å². The number of halogens is 5. The van der Waals surface area contributed by atoms with Crippen molar-refractivity contribution in [3.63, 3.8) is 0 Å². The van der Waals surface area contributed by atoms with E-state index in [9.17, 15) is 22.0 Å². The predicted molar refractivity (Wildman–Crippen MR) is 36.6 cm³/mol. The fourth-order valence-electron chi connectivity index (χ4n) is 1.41. The molecule has 1 rings (SSSR count). The quantitative estimate of drug-likeness (QED) is 0.590. The average molecular weight is 203 g/mol. The molecule has 1 atom stereocenters. The number of rotatable bonds is 1. The predicted octanol–water partition coefficient (Wildman–Crippen LogP) is 2.14. The zero-order valence-corrected chi connectivity index (χ0v) is 7.04. The third-order valence-electron chi connectivity index (χ3n) is 2.09. The molecule has 1 saturated heterocycles. The summed E-state index contributed by atoms with van der Waals surface area (Å²) in [6.45, 7) is -0.955. The molecular weight excluding hydrogens is 193 g/mol. The molecule has 0 aliphatic carbocycles. The highest BCUT2D eigenvalue weighted by Gasteiger charge is 2.47. The van der Waals surface area contributed by atoms with E-state index in [0.717, 1.165) is 4.90 Å². The van der Waals surface area contributed by atoms with Gasteiger partial charge in [0.1, 0.15) is 0 Å². The van der Waals surface area contributed by atoms with Crippen LogP contribution in [0.2, 0.25) is 0 Å². The van der Waals surface area contributed by atoms with Crippen molar-refractivity contribution < 1.29 is 22.0 Å². The van der Waals surface area contributed by atoms with E-state index < -0.39 is 31.1 Å². The van der Waals surface area contributed by atoms with Gasteiger partial charge in [0.05, 0.1) is 13.1 Å². The zero-order valence-electron chi connectivity index (χ0n) is 7.04. The van der Waals surface area contributed by atoms with Crippen molar-refractivity contribution in [1.82, 2.24) is 4.90 Å². The molecule has 0 N–H and O–H groups in total. The van der Waals surface area contributed by atoms with E-state index in [2.05, 4.69) is 0 Å². The van der Waals surface area contributed by atoms with Crippen LogP contribution >= 0.6 is 0 Å². The Bertz CT molecular complexity index is 186. The van der Waals surface area contributed by atoms with E-state index >= 15 is 0 Å². The lowest BCUT2D eigenvalue weighted by Gasteiger charge is -2.16. The first-order valence-corrected chi connectivity index (χ1v) is 3.87. The Morgan fingerprint density at radius 3 is 2.23 bits per heavy atom. The van der Waals surface area contributed by atoms with Gasteiger partial charge in [-0.3, -0.25) is 4.90 Å². The van der Waals surface area contributed by atoms with Gasteiger partial charge in [0.25, 0.3) is 5.92 Å². The standard InChI is InChI=1S/C7H10F5N/c1-5-2-13(3-6(5,8)9)4-7(10,11)12/h5H,2-4H2,1H3. The summed E-state index contributed by atoms with van der Waals surface area (Å²) in [5, 5.41) is 0. The summed E-state index contributed by atoms with van der Waals surface area (Å²) < 4.78 is 60.9. The second kappa shape index (κ2) is 3.08. The number of hydrogen-bond donors (Lipinski definition) is 0. The molecule has 0 saturated carbocycles. The van der Waals surface area contributed by atoms with Gasteiger partial charge in [-0.1, -0.05) is 6.92 Å². The number of likely N-dealkylation sites (tertiary alicyclic amines) is 1. The summed E-state index contributed by atoms with van der Waals surface area (Å²) in [4.78, 5) is 0.741. The van der Waals surface area contributed by atoms with Crippen molar-refractivity contribution in [2.24, 2.45) is 5.92 Å². The van der Waals surface area contributed by atoms with Crippen molar-refractivity contribution in [1.29, 1.82) is 0 Å². The molecule has 1 nitrogen and oxygen atoms in total. The Morgan fingerprint density at radius 2 is 1.92 bits per heavy atom. The zero-order chi connectivity index (χ0) is 10.3. The second-order valence-electron chi connectivity index (χ2n) is 3.45. The topological polar surface area (TPSA) is 3.24 Å². The van der Waals surface area contributed by atoms with Gasteiger partial charge >= 0.3 is 6.18 Å². The van der Waals surface area contributed by atoms with Crippen LogP contribution in [0.1, 0.15) is 6.92 Å². The monoisotopic (exact) mass is 203 g/mol. The van der Waals surface area contributed by atoms with E-state index in [4.69, 9.17) is 0 Å². The summed E-state index contributed by atoms with van der Waals surface area (Å²) in [6.07, 6.45) is -4.39. The van der Waals surface area contributed by atoms with Crippen LogP contribution in [0.15, 0.2) is 0 Å². The Balaban J connectivity index is 2.50. The van der Waals surface area contributed by atoms with Crippen molar-refractivity contribution >= 4 is 0 Å². The lowest BCUT2D eigenvalue weighted by molar-refractivity contribution is -0.145. The van der Waals surface area contributed by atoms with Gasteiger partial charge in [-0.25, -0.2) is 8.78 Å². The maximum atomic E-state index is 12.8. The molecule has 0 aromatic carbocycles. The van der Waals surface area contributed by atoms with E-state index in [-0.39, 0.29) is 6.54 Å². The minimum absolute atomic E-state index is 0.188. The molecule has 0 radical (unpaired) electrons. The average Bonchev–Trinajstić information content (AvgIpc) is 2.01. The van der Waals surface area contributed by atoms with Crippen LogP contribution in [0.4, 0.5) is 22.0 Å². The highest BCUT2D eigenvalue weighted by Crippen LogP contribution is 2.33. The number of alkyl halides is 5. The first-order valence-electron chi connectivity index (χ1n) is 3.87. The van der Waals surface area contributed by atoms with Crippen LogP contribution in [-0.2, 0) is 0 Å². The maximum Gasteiger partial charge on any atom is 0.401 e. The highest BCUT2D eigenvalue weighted by atomic mass is 19.4. The first kappa shape index (κ1) is 10.7. The third kappa shape index (κ3) is 2.79. The highest BCUT2D eigenvalue weighted by molar-refractivity contribution is 4.88. The van der Waals surface area contributed by atoms with Gasteiger partial charge in [-0.05, 0) is 0 Å². The van der Waals surface area contributed by atoms with Gasteiger partial charge in [-0.2, -0.15) is 13.2 Å². The van der Waals surface area contributed by atoms with Gasteiger partial charge in [-0.15, -0.1) is 0 Å². The van der Waals surface area contributed by atoms with Gasteiger partial charge in [0, 0.05) is 12.5 Å². The van der Waals surface area contributed by atoms with Crippen LogP contribution < -0.4 is 0 Å². The van der Waals surface area contributed by atoms with E-state index in [1.165, 1.54) is 6.92 Å². The van der Waals surface area contributed by atoms with Crippen molar-refractivity contribution in [3.05, 3.63) is 0 Å². The second-order valence-corrected chi connectivity index (χ2v) is 3.45. The molecule has 1 aliphatic rings. The molecule has 1 fully saturated rings. The Morgan fingerprint density at radius 1 is 1.38 bits per heavy atom. The largest absolute Gasteiger partial charge is 0.401 e. The van der Waals surface area contributed by atoms with E-state index in [1.54, 1.807) is 0 Å². The van der Waals surface area contributed by atoms with Crippen molar-refractivity contribution in [2.45, 2.75) is 19.0 Å². The molecule has 0 bridgehead atoms. The minimum atomic E-state index is -4.39. The SMILES string of the molecule is CC1CN(CC(F)(F)F)CC1(F)F. The van der Waals surface area contributed by atoms with E-state index in [1.807, 2.05) is 0 Å². The van der Waals surface area contributed by atoms with Gasteiger partial charge in [0.2, 0.25) is 0 Å². The number of hydrogen-bond acceptors (Lipinski definition) is 1.